The molecule has 0 saturated heterocycles. The van der Waals surface area contributed by atoms with Gasteiger partial charge in [0.05, 0.1) is 5.56 Å². The molecule has 130 valence electrons. The molecule has 0 aliphatic heterocycles. The minimum atomic E-state index is 0.0231. The van der Waals surface area contributed by atoms with Crippen LogP contribution in [0.25, 0.3) is 22.7 Å². The van der Waals surface area contributed by atoms with Gasteiger partial charge in [-0.05, 0) is 28.9 Å². The molecule has 0 radical (unpaired) electrons. The van der Waals surface area contributed by atoms with Crippen LogP contribution in [0, 0.1) is 0 Å². The van der Waals surface area contributed by atoms with Gasteiger partial charge in [0.2, 0.25) is 11.0 Å². The third-order valence-electron chi connectivity index (χ3n) is 3.86. The van der Waals surface area contributed by atoms with Crippen molar-refractivity contribution < 1.29 is 9.20 Å². The van der Waals surface area contributed by atoms with Gasteiger partial charge in [-0.3, -0.25) is 0 Å². The van der Waals surface area contributed by atoms with E-state index in [-0.39, 0.29) is 5.88 Å². The molecule has 7 heteroatoms. The summed E-state index contributed by atoms with van der Waals surface area (Å²) in [5, 5.41) is 3.99. The molecular formula is C18H18Cl2N4O. The summed E-state index contributed by atoms with van der Waals surface area (Å²) in [7, 11) is 0. The van der Waals surface area contributed by atoms with Gasteiger partial charge in [-0.1, -0.05) is 18.2 Å². The third-order valence-corrected chi connectivity index (χ3v) is 4.19. The Labute approximate surface area is 156 Å². The predicted octanol–water partition coefficient (Wildman–Crippen LogP) is 4.59. The summed E-state index contributed by atoms with van der Waals surface area (Å²) in [4.78, 5) is 2.13. The molecule has 0 amide bonds. The van der Waals surface area contributed by atoms with Crippen LogP contribution < -0.4 is 9.58 Å². The Kier molecular flexibility index (Phi) is 5.79. The van der Waals surface area contributed by atoms with Gasteiger partial charge in [-0.15, -0.1) is 23.2 Å². The van der Waals surface area contributed by atoms with Gasteiger partial charge in [0.15, 0.2) is 0 Å². The lowest BCUT2D eigenvalue weighted by atomic mass is 10.1. The Balaban J connectivity index is 1.94. The van der Waals surface area contributed by atoms with E-state index in [9.17, 15) is 0 Å². The monoisotopic (exact) mass is 376 g/mol. The van der Waals surface area contributed by atoms with Gasteiger partial charge >= 0.3 is 0 Å². The first-order chi connectivity index (χ1) is 12.2. The molecule has 0 atom stereocenters. The number of hydrogen-bond donors (Lipinski definition) is 0. The van der Waals surface area contributed by atoms with Gasteiger partial charge in [-0.2, -0.15) is 0 Å². The van der Waals surface area contributed by atoms with Crippen molar-refractivity contribution in [3.05, 3.63) is 60.3 Å². The lowest BCUT2D eigenvalue weighted by Gasteiger charge is -2.22. The first-order valence-corrected chi connectivity index (χ1v) is 8.98. The zero-order valence-corrected chi connectivity index (χ0v) is 15.0. The summed E-state index contributed by atoms with van der Waals surface area (Å²) in [5.41, 5.74) is 11.4. The van der Waals surface area contributed by atoms with Crippen LogP contribution in [0.5, 0.6) is 0 Å². The summed E-state index contributed by atoms with van der Waals surface area (Å²) in [6.07, 6.45) is 0. The molecular weight excluding hydrogens is 359 g/mol. The second kappa shape index (κ2) is 8.23. The summed E-state index contributed by atoms with van der Waals surface area (Å²) in [6, 6.07) is 17.5. The molecule has 1 N–H and O–H groups in total. The van der Waals surface area contributed by atoms with E-state index < -0.39 is 0 Å². The van der Waals surface area contributed by atoms with Crippen LogP contribution >= 0.6 is 23.2 Å². The highest BCUT2D eigenvalue weighted by Crippen LogP contribution is 2.28. The molecule has 3 rings (SSSR count). The Hall–Kier alpha value is -2.24. The van der Waals surface area contributed by atoms with E-state index in [1.54, 1.807) is 4.68 Å². The number of alkyl halides is 2. The van der Waals surface area contributed by atoms with Crippen LogP contribution in [0.15, 0.2) is 59.1 Å². The average molecular weight is 377 g/mol. The number of anilines is 1. The van der Waals surface area contributed by atoms with Gasteiger partial charge in [0.25, 0.3) is 5.69 Å². The largest absolute Gasteiger partial charge is 0.660 e. The van der Waals surface area contributed by atoms with Crippen LogP contribution in [0.4, 0.5) is 11.6 Å². The molecule has 2 aromatic carbocycles. The Morgan fingerprint density at radius 1 is 0.960 bits per heavy atom. The molecule has 5 nitrogen and oxygen atoms in total. The lowest BCUT2D eigenvalue weighted by molar-refractivity contribution is -0.660. The van der Waals surface area contributed by atoms with Gasteiger partial charge in [0, 0.05) is 42.7 Å². The average Bonchev–Trinajstić information content (AvgIpc) is 3.04. The third kappa shape index (κ3) is 3.89. The standard InChI is InChI=1S/C18H18Cl2N4O/c19-10-12-23(13-11-20)15-8-6-14(7-9-15)17-18(21)25-22-24(17)16-4-2-1-3-5-16/h1-9,21H,10-13H2. The molecule has 1 aromatic heterocycles. The number of hydrogen-bond acceptors (Lipinski definition) is 3. The van der Waals surface area contributed by atoms with E-state index in [1.165, 1.54) is 0 Å². The Morgan fingerprint density at radius 3 is 2.20 bits per heavy atom. The SMILES string of the molecule is [NH-]c1on[n+](-c2ccccc2)c1-c1ccc(N(CCCl)CCCl)cc1. The zero-order valence-electron chi connectivity index (χ0n) is 13.5. The summed E-state index contributed by atoms with van der Waals surface area (Å²) in [6.45, 7) is 1.46. The van der Waals surface area contributed by atoms with Crippen LogP contribution in [0.3, 0.4) is 0 Å². The van der Waals surface area contributed by atoms with E-state index in [1.807, 2.05) is 54.6 Å². The first-order valence-electron chi connectivity index (χ1n) is 7.91. The van der Waals surface area contributed by atoms with E-state index >= 15 is 0 Å². The number of rotatable bonds is 7. The summed E-state index contributed by atoms with van der Waals surface area (Å²) in [5.74, 6) is 1.10. The van der Waals surface area contributed by atoms with Gasteiger partial charge in [-0.25, -0.2) is 0 Å². The highest BCUT2D eigenvalue weighted by Gasteiger charge is 2.23. The van der Waals surface area contributed by atoms with E-state index in [4.69, 9.17) is 33.5 Å². The van der Waals surface area contributed by atoms with Crippen molar-refractivity contribution >= 4 is 34.8 Å². The lowest BCUT2D eigenvalue weighted by Crippen LogP contribution is -2.34. The first kappa shape index (κ1) is 17.6. The van der Waals surface area contributed by atoms with Crippen molar-refractivity contribution in [2.75, 3.05) is 29.7 Å². The number of halogens is 2. The fourth-order valence-corrected chi connectivity index (χ4v) is 3.07. The molecule has 0 saturated carbocycles. The van der Waals surface area contributed by atoms with Gasteiger partial charge < -0.3 is 15.2 Å². The number of nitrogens with zero attached hydrogens (tertiary/aromatic N) is 3. The van der Waals surface area contributed by atoms with Crippen molar-refractivity contribution in [2.45, 2.75) is 0 Å². The van der Waals surface area contributed by atoms with Crippen LogP contribution in [-0.4, -0.2) is 30.1 Å². The molecule has 1 heterocycles. The second-order valence-electron chi connectivity index (χ2n) is 5.41. The van der Waals surface area contributed by atoms with Crippen LogP contribution in [0.2, 0.25) is 0 Å². The Morgan fingerprint density at radius 2 is 1.60 bits per heavy atom. The fourth-order valence-electron chi connectivity index (χ4n) is 2.66. The number of para-hydroxylation sites is 1. The summed E-state index contributed by atoms with van der Waals surface area (Å²) < 4.78 is 6.73. The molecule has 25 heavy (non-hydrogen) atoms. The fraction of sp³-hybridized carbons (Fsp3) is 0.222. The van der Waals surface area contributed by atoms with Gasteiger partial charge in [0.1, 0.15) is 5.88 Å². The maximum Gasteiger partial charge on any atom is 0.271 e. The smallest absolute Gasteiger partial charge is 0.271 e. The highest BCUT2D eigenvalue weighted by molar-refractivity contribution is 6.18. The van der Waals surface area contributed by atoms with E-state index in [2.05, 4.69) is 10.2 Å². The number of benzene rings is 2. The van der Waals surface area contributed by atoms with Crippen molar-refractivity contribution in [3.63, 3.8) is 0 Å². The minimum absolute atomic E-state index is 0.0231. The maximum absolute atomic E-state index is 8.05. The zero-order chi connectivity index (χ0) is 17.6. The topological polar surface area (TPSA) is 57.0 Å². The minimum Gasteiger partial charge on any atom is -0.660 e. The van der Waals surface area contributed by atoms with Crippen LogP contribution in [-0.2, 0) is 0 Å². The number of aromatic nitrogens is 2. The van der Waals surface area contributed by atoms with E-state index in [0.29, 0.717) is 17.5 Å². The molecule has 0 aliphatic carbocycles. The number of nitrogens with one attached hydrogen (secondary N) is 1. The normalized spacial score (nSPS) is 10.8. The van der Waals surface area contributed by atoms with Crippen molar-refractivity contribution in [3.8, 4) is 16.9 Å². The maximum atomic E-state index is 8.05. The molecule has 3 aromatic rings. The molecule has 0 fully saturated rings. The second-order valence-corrected chi connectivity index (χ2v) is 6.17. The quantitative estimate of drug-likeness (QED) is 0.447. The molecule has 0 aliphatic rings. The van der Waals surface area contributed by atoms with Crippen molar-refractivity contribution in [1.29, 1.82) is 0 Å². The predicted molar refractivity (Wildman–Crippen MR) is 101 cm³/mol. The van der Waals surface area contributed by atoms with E-state index in [0.717, 1.165) is 30.0 Å². The van der Waals surface area contributed by atoms with Crippen LogP contribution in [0.1, 0.15) is 0 Å². The summed E-state index contributed by atoms with van der Waals surface area (Å²) >= 11 is 11.7. The van der Waals surface area contributed by atoms with Crippen molar-refractivity contribution in [2.24, 2.45) is 0 Å². The highest BCUT2D eigenvalue weighted by atomic mass is 35.5. The molecule has 0 spiro atoms. The molecule has 0 bridgehead atoms. The molecule has 0 unspecified atom stereocenters. The van der Waals surface area contributed by atoms with Crippen molar-refractivity contribution in [1.82, 2.24) is 5.27 Å². The Bertz CT molecular complexity index is 800.